The number of aryl methyl sites for hydroxylation is 1. The predicted molar refractivity (Wildman–Crippen MR) is 90.8 cm³/mol. The van der Waals surface area contributed by atoms with Crippen molar-refractivity contribution in [2.45, 2.75) is 33.0 Å². The average molecular weight is 325 g/mol. The third-order valence-electron chi connectivity index (χ3n) is 3.78. The first kappa shape index (κ1) is 15.9. The summed E-state index contributed by atoms with van der Waals surface area (Å²) in [5.74, 6) is -0.261. The van der Waals surface area contributed by atoms with Crippen LogP contribution in [0.3, 0.4) is 0 Å². The molecule has 124 valence electrons. The van der Waals surface area contributed by atoms with Gasteiger partial charge in [0.25, 0.3) is 11.5 Å². The zero-order valence-electron chi connectivity index (χ0n) is 13.6. The molecule has 0 saturated carbocycles. The summed E-state index contributed by atoms with van der Waals surface area (Å²) in [6, 6.07) is 8.73. The van der Waals surface area contributed by atoms with Crippen molar-refractivity contribution in [3.8, 4) is 0 Å². The SMILES string of the molecule is CCn1ccc(C(=O)NC(C)Cn2ncc3ccccc3c2=O)n1. The van der Waals surface area contributed by atoms with E-state index in [1.54, 1.807) is 29.2 Å². The van der Waals surface area contributed by atoms with Crippen LogP contribution in [0.15, 0.2) is 47.5 Å². The smallest absolute Gasteiger partial charge is 0.274 e. The lowest BCUT2D eigenvalue weighted by molar-refractivity contribution is 0.0930. The molecule has 1 atom stereocenters. The van der Waals surface area contributed by atoms with Crippen LogP contribution in [-0.2, 0) is 13.1 Å². The molecule has 0 bridgehead atoms. The number of nitrogens with zero attached hydrogens (tertiary/aromatic N) is 4. The number of benzene rings is 1. The molecule has 1 amide bonds. The molecule has 3 rings (SSSR count). The van der Waals surface area contributed by atoms with Crippen molar-refractivity contribution in [2.75, 3.05) is 0 Å². The second kappa shape index (κ2) is 6.66. The maximum absolute atomic E-state index is 12.4. The average Bonchev–Trinajstić information content (AvgIpc) is 3.07. The van der Waals surface area contributed by atoms with Gasteiger partial charge < -0.3 is 5.32 Å². The summed E-state index contributed by atoms with van der Waals surface area (Å²) in [6.07, 6.45) is 3.42. The fraction of sp³-hybridized carbons (Fsp3) is 0.294. The summed E-state index contributed by atoms with van der Waals surface area (Å²) in [5, 5.41) is 12.6. The van der Waals surface area contributed by atoms with Crippen molar-refractivity contribution >= 4 is 16.7 Å². The van der Waals surface area contributed by atoms with Gasteiger partial charge in [-0.2, -0.15) is 10.2 Å². The minimum Gasteiger partial charge on any atom is -0.346 e. The van der Waals surface area contributed by atoms with Crippen LogP contribution in [0.1, 0.15) is 24.3 Å². The van der Waals surface area contributed by atoms with Gasteiger partial charge in [0.15, 0.2) is 0 Å². The summed E-state index contributed by atoms with van der Waals surface area (Å²) in [4.78, 5) is 24.6. The number of aromatic nitrogens is 4. The molecule has 0 fully saturated rings. The van der Waals surface area contributed by atoms with Crippen LogP contribution in [0, 0.1) is 0 Å². The first-order valence-corrected chi connectivity index (χ1v) is 7.87. The lowest BCUT2D eigenvalue weighted by Crippen LogP contribution is -2.39. The van der Waals surface area contributed by atoms with Gasteiger partial charge in [0, 0.05) is 24.2 Å². The van der Waals surface area contributed by atoms with Crippen LogP contribution in [-0.4, -0.2) is 31.5 Å². The summed E-state index contributed by atoms with van der Waals surface area (Å²) >= 11 is 0. The van der Waals surface area contributed by atoms with Crippen LogP contribution < -0.4 is 10.9 Å². The molecule has 2 aromatic heterocycles. The van der Waals surface area contributed by atoms with Gasteiger partial charge in [0.05, 0.1) is 18.1 Å². The molecule has 0 saturated heterocycles. The molecule has 7 nitrogen and oxygen atoms in total. The standard InChI is InChI=1S/C17H19N5O2/c1-3-21-9-8-15(20-21)16(23)19-12(2)11-22-17(24)14-7-5-4-6-13(14)10-18-22/h4-10,12H,3,11H2,1-2H3,(H,19,23). The molecule has 0 aliphatic rings. The Labute approximate surface area is 138 Å². The molecule has 7 heteroatoms. The normalized spacial score (nSPS) is 12.2. The van der Waals surface area contributed by atoms with Crippen molar-refractivity contribution in [1.82, 2.24) is 24.9 Å². The number of carbonyl (C=O) groups excluding carboxylic acids is 1. The van der Waals surface area contributed by atoms with E-state index in [-0.39, 0.29) is 17.5 Å². The zero-order valence-corrected chi connectivity index (χ0v) is 13.6. The minimum absolute atomic E-state index is 0.163. The monoisotopic (exact) mass is 325 g/mol. The molecule has 0 spiro atoms. The van der Waals surface area contributed by atoms with Crippen LogP contribution >= 0.6 is 0 Å². The van der Waals surface area contributed by atoms with Crippen LogP contribution in [0.2, 0.25) is 0 Å². The Balaban J connectivity index is 1.73. The molecule has 1 unspecified atom stereocenters. The second-order valence-corrected chi connectivity index (χ2v) is 5.65. The van der Waals surface area contributed by atoms with Gasteiger partial charge in [0.1, 0.15) is 5.69 Å². The van der Waals surface area contributed by atoms with E-state index in [9.17, 15) is 9.59 Å². The maximum atomic E-state index is 12.4. The van der Waals surface area contributed by atoms with Crippen LogP contribution in [0.25, 0.3) is 10.8 Å². The molecule has 1 aromatic carbocycles. The molecule has 1 N–H and O–H groups in total. The fourth-order valence-electron chi connectivity index (χ4n) is 2.52. The van der Waals surface area contributed by atoms with E-state index in [4.69, 9.17) is 0 Å². The Bertz CT molecular complexity index is 928. The number of nitrogens with one attached hydrogen (secondary N) is 1. The van der Waals surface area contributed by atoms with Gasteiger partial charge >= 0.3 is 0 Å². The van der Waals surface area contributed by atoms with Gasteiger partial charge in [-0.15, -0.1) is 0 Å². The van der Waals surface area contributed by atoms with Gasteiger partial charge in [-0.3, -0.25) is 14.3 Å². The topological polar surface area (TPSA) is 81.8 Å². The number of hydrogen-bond donors (Lipinski definition) is 1. The van der Waals surface area contributed by atoms with E-state index in [1.807, 2.05) is 32.0 Å². The summed E-state index contributed by atoms with van der Waals surface area (Å²) < 4.78 is 3.06. The molecule has 0 aliphatic heterocycles. The summed E-state index contributed by atoms with van der Waals surface area (Å²) in [5.41, 5.74) is 0.201. The Morgan fingerprint density at radius 2 is 2.08 bits per heavy atom. The van der Waals surface area contributed by atoms with E-state index in [0.717, 1.165) is 5.39 Å². The van der Waals surface area contributed by atoms with Gasteiger partial charge in [-0.25, -0.2) is 4.68 Å². The highest BCUT2D eigenvalue weighted by atomic mass is 16.2. The molecule has 2 heterocycles. The highest BCUT2D eigenvalue weighted by molar-refractivity contribution is 5.92. The summed E-state index contributed by atoms with van der Waals surface area (Å²) in [6.45, 7) is 4.79. The highest BCUT2D eigenvalue weighted by Gasteiger charge is 2.14. The third-order valence-corrected chi connectivity index (χ3v) is 3.78. The Hall–Kier alpha value is -2.96. The van der Waals surface area contributed by atoms with Crippen molar-refractivity contribution in [3.63, 3.8) is 0 Å². The molecular formula is C17H19N5O2. The number of hydrogen-bond acceptors (Lipinski definition) is 4. The predicted octanol–water partition coefficient (Wildman–Crippen LogP) is 1.43. The van der Waals surface area contributed by atoms with Crippen molar-refractivity contribution < 1.29 is 4.79 Å². The zero-order chi connectivity index (χ0) is 17.1. The maximum Gasteiger partial charge on any atom is 0.274 e. The van der Waals surface area contributed by atoms with Gasteiger partial charge in [-0.05, 0) is 26.0 Å². The second-order valence-electron chi connectivity index (χ2n) is 5.65. The van der Waals surface area contributed by atoms with Crippen LogP contribution in [0.5, 0.6) is 0 Å². The summed E-state index contributed by atoms with van der Waals surface area (Å²) in [7, 11) is 0. The first-order valence-electron chi connectivity index (χ1n) is 7.87. The number of carbonyl (C=O) groups is 1. The van der Waals surface area contributed by atoms with Crippen molar-refractivity contribution in [3.05, 3.63) is 58.8 Å². The Morgan fingerprint density at radius 3 is 2.83 bits per heavy atom. The lowest BCUT2D eigenvalue weighted by Gasteiger charge is -2.14. The first-order chi connectivity index (χ1) is 11.6. The van der Waals surface area contributed by atoms with E-state index in [1.165, 1.54) is 4.68 Å². The molecule has 0 aliphatic carbocycles. The lowest BCUT2D eigenvalue weighted by atomic mass is 10.2. The Kier molecular flexibility index (Phi) is 4.41. The van der Waals surface area contributed by atoms with E-state index >= 15 is 0 Å². The molecule has 24 heavy (non-hydrogen) atoms. The van der Waals surface area contributed by atoms with Gasteiger partial charge in [-0.1, -0.05) is 18.2 Å². The number of rotatable bonds is 5. The van der Waals surface area contributed by atoms with E-state index in [2.05, 4.69) is 15.5 Å². The fourth-order valence-corrected chi connectivity index (χ4v) is 2.52. The van der Waals surface area contributed by atoms with Gasteiger partial charge in [0.2, 0.25) is 0 Å². The number of amides is 1. The quantitative estimate of drug-likeness (QED) is 0.769. The number of fused-ring (bicyclic) bond motifs is 1. The van der Waals surface area contributed by atoms with E-state index < -0.39 is 0 Å². The van der Waals surface area contributed by atoms with Crippen molar-refractivity contribution in [2.24, 2.45) is 0 Å². The van der Waals surface area contributed by atoms with E-state index in [0.29, 0.717) is 24.2 Å². The molecule has 3 aromatic rings. The largest absolute Gasteiger partial charge is 0.346 e. The minimum atomic E-state index is -0.261. The molecular weight excluding hydrogens is 306 g/mol. The third kappa shape index (κ3) is 3.19. The highest BCUT2D eigenvalue weighted by Crippen LogP contribution is 2.06. The Morgan fingerprint density at radius 1 is 1.29 bits per heavy atom. The van der Waals surface area contributed by atoms with Crippen molar-refractivity contribution in [1.29, 1.82) is 0 Å². The molecule has 0 radical (unpaired) electrons. The van der Waals surface area contributed by atoms with Crippen LogP contribution in [0.4, 0.5) is 0 Å².